The maximum absolute atomic E-state index is 13.4. The average molecular weight is 416 g/mol. The van der Waals surface area contributed by atoms with Crippen molar-refractivity contribution in [3.63, 3.8) is 0 Å². The van der Waals surface area contributed by atoms with Crippen LogP contribution in [0, 0.1) is 13.8 Å². The lowest BCUT2D eigenvalue weighted by Crippen LogP contribution is -2.54. The van der Waals surface area contributed by atoms with Gasteiger partial charge in [0, 0.05) is 43.8 Å². The van der Waals surface area contributed by atoms with E-state index in [4.69, 9.17) is 5.73 Å². The van der Waals surface area contributed by atoms with Crippen LogP contribution in [0.15, 0.2) is 17.2 Å². The summed E-state index contributed by atoms with van der Waals surface area (Å²) in [5.74, 6) is 1.41. The van der Waals surface area contributed by atoms with Crippen molar-refractivity contribution in [1.82, 2.24) is 24.8 Å². The number of rotatable bonds is 4. The average Bonchev–Trinajstić information content (AvgIpc) is 2.98. The van der Waals surface area contributed by atoms with Gasteiger partial charge in [0.25, 0.3) is 11.5 Å². The molecule has 1 saturated heterocycles. The van der Waals surface area contributed by atoms with Gasteiger partial charge in [0.15, 0.2) is 0 Å². The zero-order chi connectivity index (χ0) is 20.8. The van der Waals surface area contributed by atoms with E-state index in [-0.39, 0.29) is 11.5 Å². The number of nitrogens with zero attached hydrogens (tertiary/aromatic N) is 4. The Kier molecular flexibility index (Phi) is 4.99. The molecule has 1 spiro atoms. The van der Waals surface area contributed by atoms with Crippen molar-refractivity contribution in [3.05, 3.63) is 39.6 Å². The Morgan fingerprint density at radius 3 is 2.69 bits per heavy atom. The van der Waals surface area contributed by atoms with E-state index in [0.29, 0.717) is 41.4 Å². The molecule has 1 fully saturated rings. The molecule has 0 atom stereocenters. The van der Waals surface area contributed by atoms with Crippen LogP contribution in [0.1, 0.15) is 34.5 Å². The molecule has 0 saturated carbocycles. The highest BCUT2D eigenvalue weighted by Crippen LogP contribution is 2.34. The second-order valence-corrected chi connectivity index (χ2v) is 8.09. The molecule has 0 unspecified atom stereocenters. The summed E-state index contributed by atoms with van der Waals surface area (Å²) >= 11 is 4.30. The Morgan fingerprint density at radius 1 is 1.28 bits per heavy atom. The summed E-state index contributed by atoms with van der Waals surface area (Å²) in [5, 5.41) is 6.19. The number of carbonyl (C=O) groups excluding carboxylic acids is 1. The minimum atomic E-state index is -0.696. The molecule has 2 aromatic rings. The topological polar surface area (TPSA) is 118 Å². The largest absolute Gasteiger partial charge is 0.383 e. The Morgan fingerprint density at radius 2 is 2.00 bits per heavy atom. The maximum Gasteiger partial charge on any atom is 0.276 e. The number of nitrogen functional groups attached to an aromatic ring is 1. The van der Waals surface area contributed by atoms with E-state index >= 15 is 0 Å². The van der Waals surface area contributed by atoms with Crippen LogP contribution in [-0.4, -0.2) is 50.7 Å². The van der Waals surface area contributed by atoms with E-state index in [0.717, 1.165) is 31.0 Å². The van der Waals surface area contributed by atoms with Gasteiger partial charge in [-0.25, -0.2) is 9.97 Å². The van der Waals surface area contributed by atoms with E-state index in [1.165, 1.54) is 6.33 Å². The zero-order valence-electron chi connectivity index (χ0n) is 16.5. The van der Waals surface area contributed by atoms with Crippen LogP contribution >= 0.6 is 12.6 Å². The highest BCUT2D eigenvalue weighted by atomic mass is 32.1. The number of pyridine rings is 1. The fourth-order valence-electron chi connectivity index (χ4n) is 4.20. The van der Waals surface area contributed by atoms with Gasteiger partial charge in [-0.05, 0) is 25.5 Å². The second kappa shape index (κ2) is 7.34. The molecule has 2 aromatic heterocycles. The highest BCUT2D eigenvalue weighted by Gasteiger charge is 2.46. The number of amides is 1. The summed E-state index contributed by atoms with van der Waals surface area (Å²) in [7, 11) is 0. The Bertz CT molecular complexity index is 1030. The number of aromatic nitrogens is 3. The summed E-state index contributed by atoms with van der Waals surface area (Å²) in [4.78, 5) is 36.6. The first-order valence-corrected chi connectivity index (χ1v) is 10.3. The van der Waals surface area contributed by atoms with E-state index in [9.17, 15) is 9.59 Å². The molecular weight excluding hydrogens is 390 g/mol. The summed E-state index contributed by atoms with van der Waals surface area (Å²) < 4.78 is 1.64. The Hall–Kier alpha value is -2.59. The first-order chi connectivity index (χ1) is 13.9. The van der Waals surface area contributed by atoms with Crippen molar-refractivity contribution >= 4 is 35.9 Å². The fraction of sp³-hybridized carbons (Fsp3) is 0.474. The van der Waals surface area contributed by atoms with Crippen LogP contribution in [0.4, 0.5) is 17.3 Å². The number of nitrogens with two attached hydrogens (primary N) is 1. The standard InChI is InChI=1S/C19H25N7O2S/c1-11-9-13(23-16-12(2)15(20)21-10-22-16)18(28)26-14(11)17(27)24-19(26)3-5-25(6-4-19)7-8-29/h9-10,29H,3-8H2,1-2H3,(H,24,27)(H3,20,21,22,23). The Labute approximate surface area is 174 Å². The van der Waals surface area contributed by atoms with Gasteiger partial charge >= 0.3 is 0 Å². The third-order valence-corrected chi connectivity index (χ3v) is 6.06. The molecule has 2 aliphatic rings. The maximum atomic E-state index is 13.4. The van der Waals surface area contributed by atoms with Crippen molar-refractivity contribution in [2.45, 2.75) is 32.4 Å². The smallest absolute Gasteiger partial charge is 0.276 e. The number of likely N-dealkylation sites (tertiary alicyclic amines) is 1. The molecule has 0 bridgehead atoms. The molecule has 4 rings (SSSR count). The molecule has 9 nitrogen and oxygen atoms in total. The lowest BCUT2D eigenvalue weighted by atomic mass is 9.97. The van der Waals surface area contributed by atoms with Crippen LogP contribution in [0.25, 0.3) is 0 Å². The third-order valence-electron chi connectivity index (χ3n) is 5.86. The number of hydrogen-bond acceptors (Lipinski definition) is 8. The van der Waals surface area contributed by atoms with Crippen molar-refractivity contribution in [3.8, 4) is 0 Å². The third kappa shape index (κ3) is 3.25. The quantitative estimate of drug-likeness (QED) is 0.550. The summed E-state index contributed by atoms with van der Waals surface area (Å²) in [5.41, 5.74) is 7.11. The summed E-state index contributed by atoms with van der Waals surface area (Å²) in [6.45, 7) is 6.12. The van der Waals surface area contributed by atoms with Gasteiger partial charge in [0.05, 0.1) is 0 Å². The van der Waals surface area contributed by atoms with Crippen molar-refractivity contribution < 1.29 is 4.79 Å². The molecule has 29 heavy (non-hydrogen) atoms. The minimum Gasteiger partial charge on any atom is -0.383 e. The second-order valence-electron chi connectivity index (χ2n) is 7.64. The predicted molar refractivity (Wildman–Crippen MR) is 115 cm³/mol. The molecule has 4 N–H and O–H groups in total. The van der Waals surface area contributed by atoms with Crippen LogP contribution in [0.5, 0.6) is 0 Å². The molecule has 0 radical (unpaired) electrons. The van der Waals surface area contributed by atoms with E-state index < -0.39 is 5.66 Å². The van der Waals surface area contributed by atoms with Crippen LogP contribution < -0.4 is 21.9 Å². The molecule has 154 valence electrons. The van der Waals surface area contributed by atoms with Gasteiger partial charge < -0.3 is 21.3 Å². The molecule has 0 aliphatic carbocycles. The SMILES string of the molecule is Cc1cc(Nc2ncnc(N)c2C)c(=O)n2c1C(=O)NC21CCN(CCS)CC1. The van der Waals surface area contributed by atoms with Crippen LogP contribution in [0.3, 0.4) is 0 Å². The lowest BCUT2D eigenvalue weighted by Gasteiger charge is -2.40. The van der Waals surface area contributed by atoms with Gasteiger partial charge in [-0.1, -0.05) is 0 Å². The molecule has 4 heterocycles. The summed E-state index contributed by atoms with van der Waals surface area (Å²) in [6, 6.07) is 1.69. The van der Waals surface area contributed by atoms with E-state index in [2.05, 4.69) is 38.1 Å². The summed E-state index contributed by atoms with van der Waals surface area (Å²) in [6.07, 6.45) is 2.69. The van der Waals surface area contributed by atoms with Gasteiger partial charge in [-0.3, -0.25) is 14.2 Å². The fourth-order valence-corrected chi connectivity index (χ4v) is 4.49. The van der Waals surface area contributed by atoms with Crippen molar-refractivity contribution in [2.24, 2.45) is 0 Å². The minimum absolute atomic E-state index is 0.198. The normalized spacial score (nSPS) is 18.0. The van der Waals surface area contributed by atoms with E-state index in [1.807, 2.05) is 6.92 Å². The number of nitrogens with one attached hydrogen (secondary N) is 2. The number of carbonyl (C=O) groups is 1. The van der Waals surface area contributed by atoms with Crippen LogP contribution in [-0.2, 0) is 5.66 Å². The molecular formula is C19H25N7O2S. The molecule has 2 aliphatic heterocycles. The number of hydrogen-bond donors (Lipinski definition) is 4. The molecule has 0 aromatic carbocycles. The van der Waals surface area contributed by atoms with Gasteiger partial charge in [-0.15, -0.1) is 0 Å². The highest BCUT2D eigenvalue weighted by molar-refractivity contribution is 7.80. The lowest BCUT2D eigenvalue weighted by molar-refractivity contribution is 0.0764. The van der Waals surface area contributed by atoms with Gasteiger partial charge in [0.2, 0.25) is 0 Å². The molecule has 1 amide bonds. The first-order valence-electron chi connectivity index (χ1n) is 9.63. The van der Waals surface area contributed by atoms with Crippen LogP contribution in [0.2, 0.25) is 0 Å². The first kappa shape index (κ1) is 19.7. The van der Waals surface area contributed by atoms with Crippen molar-refractivity contribution in [2.75, 3.05) is 36.4 Å². The number of anilines is 3. The predicted octanol–water partition coefficient (Wildman–Crippen LogP) is 1.00. The van der Waals surface area contributed by atoms with Gasteiger partial charge in [0.1, 0.15) is 35.0 Å². The number of aryl methyl sites for hydroxylation is 1. The zero-order valence-corrected chi connectivity index (χ0v) is 17.4. The van der Waals surface area contributed by atoms with Crippen molar-refractivity contribution in [1.29, 1.82) is 0 Å². The Balaban J connectivity index is 1.76. The molecule has 10 heteroatoms. The number of thiol groups is 1. The number of piperidine rings is 1. The van der Waals surface area contributed by atoms with Gasteiger partial charge in [-0.2, -0.15) is 12.6 Å². The monoisotopic (exact) mass is 415 g/mol. The van der Waals surface area contributed by atoms with E-state index in [1.54, 1.807) is 17.6 Å². The number of fused-ring (bicyclic) bond motifs is 2.